The highest BCUT2D eigenvalue weighted by molar-refractivity contribution is 5.30. The van der Waals surface area contributed by atoms with Crippen LogP contribution in [0, 0.1) is 5.41 Å². The van der Waals surface area contributed by atoms with E-state index < -0.39 is 0 Å². The van der Waals surface area contributed by atoms with E-state index in [0.717, 1.165) is 19.0 Å². The molecule has 92 valence electrons. The quantitative estimate of drug-likeness (QED) is 0.843. The number of aromatic nitrogens is 2. The van der Waals surface area contributed by atoms with E-state index in [9.17, 15) is 0 Å². The summed E-state index contributed by atoms with van der Waals surface area (Å²) in [6.07, 6.45) is 1.94. The molecule has 0 aliphatic rings. The molecule has 0 amide bonds. The molecule has 0 unspecified atom stereocenters. The molecule has 0 fully saturated rings. The molecule has 1 aromatic rings. The molecular formula is C12H24N4. The minimum Gasteiger partial charge on any atom is -0.348 e. The van der Waals surface area contributed by atoms with Crippen molar-refractivity contribution in [1.29, 1.82) is 0 Å². The normalized spacial score (nSPS) is 11.9. The third-order valence-electron chi connectivity index (χ3n) is 2.42. The molecule has 0 spiro atoms. The van der Waals surface area contributed by atoms with E-state index in [-0.39, 0.29) is 0 Å². The van der Waals surface area contributed by atoms with Gasteiger partial charge in [-0.25, -0.2) is 4.98 Å². The van der Waals surface area contributed by atoms with E-state index >= 15 is 0 Å². The maximum atomic E-state index is 4.38. The predicted molar refractivity (Wildman–Crippen MR) is 68.7 cm³/mol. The number of imidazole rings is 1. The molecule has 4 heteroatoms. The van der Waals surface area contributed by atoms with E-state index in [1.54, 1.807) is 0 Å². The van der Waals surface area contributed by atoms with Crippen LogP contribution in [0.3, 0.4) is 0 Å². The van der Waals surface area contributed by atoms with Crippen molar-refractivity contribution in [2.24, 2.45) is 12.5 Å². The van der Waals surface area contributed by atoms with Gasteiger partial charge >= 0.3 is 0 Å². The summed E-state index contributed by atoms with van der Waals surface area (Å²) in [5, 5.41) is 3.46. The summed E-state index contributed by atoms with van der Waals surface area (Å²) in [5.41, 5.74) is 1.54. The number of nitrogens with zero attached hydrogens (tertiary/aromatic N) is 3. The van der Waals surface area contributed by atoms with Crippen molar-refractivity contribution >= 4 is 5.95 Å². The first-order valence-electron chi connectivity index (χ1n) is 5.70. The maximum absolute atomic E-state index is 4.38. The van der Waals surface area contributed by atoms with Crippen molar-refractivity contribution in [3.8, 4) is 0 Å². The van der Waals surface area contributed by atoms with Gasteiger partial charge in [0.15, 0.2) is 0 Å². The van der Waals surface area contributed by atoms with Gasteiger partial charge in [-0.3, -0.25) is 0 Å². The van der Waals surface area contributed by atoms with Crippen LogP contribution in [0.2, 0.25) is 0 Å². The lowest BCUT2D eigenvalue weighted by molar-refractivity contribution is 0.377. The van der Waals surface area contributed by atoms with E-state index in [1.165, 1.54) is 5.69 Å². The molecule has 0 saturated carbocycles. The molecule has 1 N–H and O–H groups in total. The monoisotopic (exact) mass is 224 g/mol. The number of nitrogens with one attached hydrogen (secondary N) is 1. The Balaban J connectivity index is 2.55. The Kier molecular flexibility index (Phi) is 3.97. The summed E-state index contributed by atoms with van der Waals surface area (Å²) in [7, 11) is 6.07. The lowest BCUT2D eigenvalue weighted by Crippen LogP contribution is -2.27. The molecule has 16 heavy (non-hydrogen) atoms. The predicted octanol–water partition coefficient (Wildman–Crippen LogP) is 1.62. The van der Waals surface area contributed by atoms with Crippen molar-refractivity contribution < 1.29 is 0 Å². The van der Waals surface area contributed by atoms with Gasteiger partial charge in [0.2, 0.25) is 5.95 Å². The second kappa shape index (κ2) is 4.87. The van der Waals surface area contributed by atoms with Crippen molar-refractivity contribution in [1.82, 2.24) is 14.9 Å². The lowest BCUT2D eigenvalue weighted by atomic mass is 9.97. The molecule has 0 aromatic carbocycles. The smallest absolute Gasteiger partial charge is 0.204 e. The highest BCUT2D eigenvalue weighted by Crippen LogP contribution is 2.13. The van der Waals surface area contributed by atoms with Gasteiger partial charge in [0.05, 0.1) is 11.9 Å². The molecule has 1 rings (SSSR count). The molecule has 1 heterocycles. The van der Waals surface area contributed by atoms with Gasteiger partial charge in [0.25, 0.3) is 0 Å². The van der Waals surface area contributed by atoms with Gasteiger partial charge in [-0.2, -0.15) is 0 Å². The number of rotatable bonds is 4. The van der Waals surface area contributed by atoms with Crippen molar-refractivity contribution in [2.75, 3.05) is 25.5 Å². The zero-order chi connectivity index (χ0) is 12.3. The fourth-order valence-corrected chi connectivity index (χ4v) is 1.58. The third-order valence-corrected chi connectivity index (χ3v) is 2.42. The molecule has 0 aliphatic heterocycles. The topological polar surface area (TPSA) is 33.1 Å². The molecule has 0 radical (unpaired) electrons. The summed E-state index contributed by atoms with van der Waals surface area (Å²) in [4.78, 5) is 6.40. The second-order valence-corrected chi connectivity index (χ2v) is 5.67. The standard InChI is InChI=1S/C12H24N4/c1-12(2,3)9-13-7-10-8-14-11(15(4)5)16(10)6/h8,13H,7,9H2,1-6H3. The van der Waals surface area contributed by atoms with Gasteiger partial charge in [-0.15, -0.1) is 0 Å². The summed E-state index contributed by atoms with van der Waals surface area (Å²) in [6, 6.07) is 0. The Labute approximate surface area is 98.7 Å². The van der Waals surface area contributed by atoms with Crippen LogP contribution in [0.4, 0.5) is 5.95 Å². The molecule has 0 saturated heterocycles. The van der Waals surface area contributed by atoms with E-state index in [2.05, 4.69) is 42.7 Å². The summed E-state index contributed by atoms with van der Waals surface area (Å²) in [6.45, 7) is 8.57. The first kappa shape index (κ1) is 13.0. The Morgan fingerprint density at radius 2 is 2.00 bits per heavy atom. The summed E-state index contributed by atoms with van der Waals surface area (Å²) >= 11 is 0. The SMILES string of the molecule is CN(C)c1ncc(CNCC(C)(C)C)n1C. The van der Waals surface area contributed by atoms with Crippen LogP contribution < -0.4 is 10.2 Å². The summed E-state index contributed by atoms with van der Waals surface area (Å²) < 4.78 is 2.12. The van der Waals surface area contributed by atoms with E-state index in [1.807, 2.05) is 25.2 Å². The molecule has 4 nitrogen and oxygen atoms in total. The van der Waals surface area contributed by atoms with Crippen LogP contribution in [0.1, 0.15) is 26.5 Å². The van der Waals surface area contributed by atoms with Crippen molar-refractivity contribution in [3.63, 3.8) is 0 Å². The summed E-state index contributed by atoms with van der Waals surface area (Å²) in [5.74, 6) is 0.993. The number of hydrogen-bond acceptors (Lipinski definition) is 3. The van der Waals surface area contributed by atoms with Crippen LogP contribution in [-0.4, -0.2) is 30.2 Å². The molecule has 0 aliphatic carbocycles. The zero-order valence-corrected chi connectivity index (χ0v) is 11.3. The first-order chi connectivity index (χ1) is 7.31. The highest BCUT2D eigenvalue weighted by Gasteiger charge is 2.11. The molecule has 1 aromatic heterocycles. The van der Waals surface area contributed by atoms with Crippen LogP contribution in [0.5, 0.6) is 0 Å². The van der Waals surface area contributed by atoms with Crippen LogP contribution in [0.15, 0.2) is 6.20 Å². The van der Waals surface area contributed by atoms with Gasteiger partial charge in [0.1, 0.15) is 0 Å². The Bertz CT molecular complexity index is 333. The fourth-order valence-electron chi connectivity index (χ4n) is 1.58. The molecule has 0 atom stereocenters. The number of anilines is 1. The fraction of sp³-hybridized carbons (Fsp3) is 0.750. The third kappa shape index (κ3) is 3.52. The lowest BCUT2D eigenvalue weighted by Gasteiger charge is -2.19. The van der Waals surface area contributed by atoms with Crippen LogP contribution >= 0.6 is 0 Å². The van der Waals surface area contributed by atoms with Crippen molar-refractivity contribution in [3.05, 3.63) is 11.9 Å². The Morgan fingerprint density at radius 3 is 2.44 bits per heavy atom. The Morgan fingerprint density at radius 1 is 1.38 bits per heavy atom. The van der Waals surface area contributed by atoms with Crippen LogP contribution in [-0.2, 0) is 13.6 Å². The maximum Gasteiger partial charge on any atom is 0.204 e. The van der Waals surface area contributed by atoms with E-state index in [0.29, 0.717) is 5.41 Å². The highest BCUT2D eigenvalue weighted by atomic mass is 15.3. The zero-order valence-electron chi connectivity index (χ0n) is 11.3. The minimum atomic E-state index is 0.322. The van der Waals surface area contributed by atoms with Gasteiger partial charge in [-0.1, -0.05) is 20.8 Å². The number of hydrogen-bond donors (Lipinski definition) is 1. The second-order valence-electron chi connectivity index (χ2n) is 5.67. The largest absolute Gasteiger partial charge is 0.348 e. The van der Waals surface area contributed by atoms with Crippen molar-refractivity contribution in [2.45, 2.75) is 27.3 Å². The van der Waals surface area contributed by atoms with E-state index in [4.69, 9.17) is 0 Å². The Hall–Kier alpha value is -1.03. The molecule has 0 bridgehead atoms. The molecular weight excluding hydrogens is 200 g/mol. The van der Waals surface area contributed by atoms with Gasteiger partial charge in [-0.05, 0) is 5.41 Å². The first-order valence-corrected chi connectivity index (χ1v) is 5.70. The van der Waals surface area contributed by atoms with Gasteiger partial charge in [0, 0.05) is 34.2 Å². The van der Waals surface area contributed by atoms with Crippen LogP contribution in [0.25, 0.3) is 0 Å². The average molecular weight is 224 g/mol. The average Bonchev–Trinajstić information content (AvgIpc) is 2.46. The van der Waals surface area contributed by atoms with Gasteiger partial charge < -0.3 is 14.8 Å². The minimum absolute atomic E-state index is 0.322.